The second-order valence-electron chi connectivity index (χ2n) is 4.02. The topological polar surface area (TPSA) is 20.2 Å². The van der Waals surface area contributed by atoms with Crippen LogP contribution in [-0.2, 0) is 0 Å². The van der Waals surface area contributed by atoms with Gasteiger partial charge in [-0.05, 0) is 43.0 Å². The summed E-state index contributed by atoms with van der Waals surface area (Å²) in [6, 6.07) is 4.96. The molecule has 1 aromatic carbocycles. The fourth-order valence-electron chi connectivity index (χ4n) is 1.66. The number of benzene rings is 1. The summed E-state index contributed by atoms with van der Waals surface area (Å²) in [7, 11) is 0. The van der Waals surface area contributed by atoms with E-state index in [0.29, 0.717) is 10.6 Å². The van der Waals surface area contributed by atoms with Crippen LogP contribution in [0.15, 0.2) is 18.2 Å². The highest BCUT2D eigenvalue weighted by molar-refractivity contribution is 6.30. The lowest BCUT2D eigenvalue weighted by Gasteiger charge is -2.14. The van der Waals surface area contributed by atoms with Crippen LogP contribution < -0.4 is 0 Å². The summed E-state index contributed by atoms with van der Waals surface area (Å²) < 4.78 is 35.8. The third-order valence-electron chi connectivity index (χ3n) is 2.53. The zero-order valence-electron chi connectivity index (χ0n) is 9.39. The van der Waals surface area contributed by atoms with E-state index >= 15 is 0 Å². The Hall–Kier alpha value is -0.740. The summed E-state index contributed by atoms with van der Waals surface area (Å²) >= 11 is 5.76. The third kappa shape index (κ3) is 4.96. The van der Waals surface area contributed by atoms with Crippen molar-refractivity contribution < 1.29 is 18.3 Å². The SMILES string of the molecule is Cc1cc(Cl)ccc1C(O)CCCC(F)(F)F. The van der Waals surface area contributed by atoms with Gasteiger partial charge in [-0.15, -0.1) is 0 Å². The lowest BCUT2D eigenvalue weighted by atomic mass is 9.99. The molecule has 96 valence electrons. The van der Waals surface area contributed by atoms with Crippen molar-refractivity contribution >= 4 is 11.6 Å². The highest BCUT2D eigenvalue weighted by atomic mass is 35.5. The van der Waals surface area contributed by atoms with Crippen molar-refractivity contribution in [1.82, 2.24) is 0 Å². The van der Waals surface area contributed by atoms with Gasteiger partial charge >= 0.3 is 6.18 Å². The molecular weight excluding hydrogens is 253 g/mol. The molecular formula is C12H14ClF3O. The Kier molecular flexibility index (Phi) is 4.83. The maximum Gasteiger partial charge on any atom is 0.389 e. The van der Waals surface area contributed by atoms with Gasteiger partial charge in [0.1, 0.15) is 0 Å². The van der Waals surface area contributed by atoms with Crippen molar-refractivity contribution in [3.8, 4) is 0 Å². The molecule has 1 rings (SSSR count). The van der Waals surface area contributed by atoms with Gasteiger partial charge in [-0.1, -0.05) is 17.7 Å². The molecule has 1 atom stereocenters. The van der Waals surface area contributed by atoms with E-state index in [-0.39, 0.29) is 12.8 Å². The maximum absolute atomic E-state index is 11.9. The van der Waals surface area contributed by atoms with E-state index in [1.54, 1.807) is 25.1 Å². The first-order chi connectivity index (χ1) is 7.79. The molecule has 0 heterocycles. The summed E-state index contributed by atoms with van der Waals surface area (Å²) in [5.41, 5.74) is 1.42. The average Bonchev–Trinajstić information content (AvgIpc) is 2.15. The van der Waals surface area contributed by atoms with Crippen LogP contribution in [0.5, 0.6) is 0 Å². The van der Waals surface area contributed by atoms with E-state index < -0.39 is 18.7 Å². The zero-order chi connectivity index (χ0) is 13.1. The number of hydrogen-bond acceptors (Lipinski definition) is 1. The van der Waals surface area contributed by atoms with Gasteiger partial charge in [-0.2, -0.15) is 13.2 Å². The molecule has 1 aromatic rings. The molecule has 0 aliphatic heterocycles. The van der Waals surface area contributed by atoms with Gasteiger partial charge in [-0.3, -0.25) is 0 Å². The maximum atomic E-state index is 11.9. The minimum Gasteiger partial charge on any atom is -0.388 e. The van der Waals surface area contributed by atoms with Crippen LogP contribution in [0.25, 0.3) is 0 Å². The van der Waals surface area contributed by atoms with Gasteiger partial charge in [0, 0.05) is 11.4 Å². The fraction of sp³-hybridized carbons (Fsp3) is 0.500. The number of rotatable bonds is 4. The summed E-state index contributed by atoms with van der Waals surface area (Å²) in [6.07, 6.45) is -5.87. The van der Waals surface area contributed by atoms with E-state index in [0.717, 1.165) is 5.56 Å². The van der Waals surface area contributed by atoms with Crippen LogP contribution in [-0.4, -0.2) is 11.3 Å². The van der Waals surface area contributed by atoms with Gasteiger partial charge in [0.15, 0.2) is 0 Å². The Balaban J connectivity index is 2.55. The van der Waals surface area contributed by atoms with Crippen molar-refractivity contribution in [2.24, 2.45) is 0 Å². The van der Waals surface area contributed by atoms with Gasteiger partial charge in [0.25, 0.3) is 0 Å². The number of hydrogen-bond donors (Lipinski definition) is 1. The normalized spacial score (nSPS) is 13.8. The van der Waals surface area contributed by atoms with Crippen LogP contribution in [0.4, 0.5) is 13.2 Å². The quantitative estimate of drug-likeness (QED) is 0.856. The third-order valence-corrected chi connectivity index (χ3v) is 2.76. The number of aliphatic hydroxyl groups excluding tert-OH is 1. The van der Waals surface area contributed by atoms with Crippen LogP contribution in [0.2, 0.25) is 5.02 Å². The van der Waals surface area contributed by atoms with Crippen molar-refractivity contribution in [1.29, 1.82) is 0 Å². The Bertz CT molecular complexity index is 377. The smallest absolute Gasteiger partial charge is 0.388 e. The molecule has 0 spiro atoms. The van der Waals surface area contributed by atoms with E-state index in [1.165, 1.54) is 0 Å². The van der Waals surface area contributed by atoms with Gasteiger partial charge in [-0.25, -0.2) is 0 Å². The van der Waals surface area contributed by atoms with Gasteiger partial charge in [0.2, 0.25) is 0 Å². The second-order valence-corrected chi connectivity index (χ2v) is 4.46. The van der Waals surface area contributed by atoms with Gasteiger partial charge < -0.3 is 5.11 Å². The summed E-state index contributed by atoms with van der Waals surface area (Å²) in [5.74, 6) is 0. The van der Waals surface area contributed by atoms with E-state index in [9.17, 15) is 18.3 Å². The van der Waals surface area contributed by atoms with Gasteiger partial charge in [0.05, 0.1) is 6.10 Å². The molecule has 1 N–H and O–H groups in total. The molecule has 0 radical (unpaired) electrons. The van der Waals surface area contributed by atoms with Crippen molar-refractivity contribution in [2.45, 2.75) is 38.5 Å². The first kappa shape index (κ1) is 14.3. The fourth-order valence-corrected chi connectivity index (χ4v) is 1.89. The molecule has 0 amide bonds. The zero-order valence-corrected chi connectivity index (χ0v) is 10.1. The molecule has 0 aliphatic carbocycles. The number of aryl methyl sites for hydroxylation is 1. The molecule has 5 heteroatoms. The van der Waals surface area contributed by atoms with Crippen molar-refractivity contribution in [2.75, 3.05) is 0 Å². The Morgan fingerprint density at radius 1 is 1.35 bits per heavy atom. The molecule has 0 fully saturated rings. The highest BCUT2D eigenvalue weighted by Crippen LogP contribution is 2.28. The van der Waals surface area contributed by atoms with Crippen molar-refractivity contribution in [3.63, 3.8) is 0 Å². The summed E-state index contributed by atoms with van der Waals surface area (Å²) in [4.78, 5) is 0. The summed E-state index contributed by atoms with van der Waals surface area (Å²) in [5, 5.41) is 10.3. The average molecular weight is 267 g/mol. The first-order valence-electron chi connectivity index (χ1n) is 5.30. The summed E-state index contributed by atoms with van der Waals surface area (Å²) in [6.45, 7) is 1.77. The molecule has 0 aromatic heterocycles. The minimum absolute atomic E-state index is 0.0767. The van der Waals surface area contributed by atoms with Crippen LogP contribution >= 0.6 is 11.6 Å². The number of aliphatic hydroxyl groups is 1. The second kappa shape index (κ2) is 5.74. The molecule has 0 aliphatic rings. The van der Waals surface area contributed by atoms with E-state index in [4.69, 9.17) is 11.6 Å². The highest BCUT2D eigenvalue weighted by Gasteiger charge is 2.26. The molecule has 1 unspecified atom stereocenters. The predicted octanol–water partition coefficient (Wildman–Crippen LogP) is 4.41. The predicted molar refractivity (Wildman–Crippen MR) is 61.1 cm³/mol. The Morgan fingerprint density at radius 3 is 2.53 bits per heavy atom. The number of halogens is 4. The first-order valence-corrected chi connectivity index (χ1v) is 5.68. The monoisotopic (exact) mass is 266 g/mol. The van der Waals surface area contributed by atoms with Crippen LogP contribution in [0.3, 0.4) is 0 Å². The molecule has 0 bridgehead atoms. The molecule has 0 saturated carbocycles. The van der Waals surface area contributed by atoms with Crippen LogP contribution in [0.1, 0.15) is 36.5 Å². The molecule has 1 nitrogen and oxygen atoms in total. The largest absolute Gasteiger partial charge is 0.389 e. The van der Waals surface area contributed by atoms with E-state index in [1.807, 2.05) is 0 Å². The standard InChI is InChI=1S/C12H14ClF3O/c1-8-7-9(13)4-5-10(8)11(17)3-2-6-12(14,15)16/h4-5,7,11,17H,2-3,6H2,1H3. The van der Waals surface area contributed by atoms with Crippen molar-refractivity contribution in [3.05, 3.63) is 34.3 Å². The lowest BCUT2D eigenvalue weighted by Crippen LogP contribution is -2.08. The minimum atomic E-state index is -4.16. The Morgan fingerprint density at radius 2 is 2.00 bits per heavy atom. The molecule has 17 heavy (non-hydrogen) atoms. The number of alkyl halides is 3. The van der Waals surface area contributed by atoms with E-state index in [2.05, 4.69) is 0 Å². The lowest BCUT2D eigenvalue weighted by molar-refractivity contribution is -0.136. The van der Waals surface area contributed by atoms with Crippen LogP contribution in [0, 0.1) is 6.92 Å². The molecule has 0 saturated heterocycles. The Labute approximate surface area is 103 Å².